The van der Waals surface area contributed by atoms with Crippen molar-refractivity contribution in [3.8, 4) is 5.75 Å². The van der Waals surface area contributed by atoms with Crippen LogP contribution in [0.5, 0.6) is 5.75 Å². The maximum atomic E-state index is 9.62. The van der Waals surface area contributed by atoms with Crippen molar-refractivity contribution in [3.05, 3.63) is 28.8 Å². The third-order valence-electron chi connectivity index (χ3n) is 1.90. The van der Waals surface area contributed by atoms with Crippen molar-refractivity contribution in [1.29, 1.82) is 0 Å². The minimum Gasteiger partial charge on any atom is -0.507 e. The van der Waals surface area contributed by atoms with Gasteiger partial charge in [-0.05, 0) is 25.0 Å². The van der Waals surface area contributed by atoms with Crippen molar-refractivity contribution in [2.24, 2.45) is 4.99 Å². The molecule has 0 unspecified atom stereocenters. The maximum Gasteiger partial charge on any atom is 0.127 e. The molecule has 0 saturated heterocycles. The van der Waals surface area contributed by atoms with E-state index in [4.69, 9.17) is 0 Å². The lowest BCUT2D eigenvalue weighted by molar-refractivity contribution is 0.470. The first-order valence-electron chi connectivity index (χ1n) is 3.88. The second kappa shape index (κ2) is 3.39. The standard InChI is InChI=1S/C10H13NO/c1-7-4-5-8(2)10(12)9(7)6-11-3/h4-6,12H,1-3H3. The summed E-state index contributed by atoms with van der Waals surface area (Å²) in [6.07, 6.45) is 1.68. The lowest BCUT2D eigenvalue weighted by Gasteiger charge is -2.05. The number of phenols is 1. The number of hydrogen-bond acceptors (Lipinski definition) is 2. The van der Waals surface area contributed by atoms with Crippen LogP contribution >= 0.6 is 0 Å². The molecule has 2 nitrogen and oxygen atoms in total. The Morgan fingerprint density at radius 2 is 1.83 bits per heavy atom. The highest BCUT2D eigenvalue weighted by Crippen LogP contribution is 2.23. The molecule has 0 aliphatic carbocycles. The van der Waals surface area contributed by atoms with E-state index in [0.717, 1.165) is 16.7 Å². The van der Waals surface area contributed by atoms with Crippen LogP contribution in [0.4, 0.5) is 0 Å². The summed E-state index contributed by atoms with van der Waals surface area (Å²) in [5.41, 5.74) is 2.75. The third kappa shape index (κ3) is 1.47. The van der Waals surface area contributed by atoms with Gasteiger partial charge in [-0.1, -0.05) is 12.1 Å². The van der Waals surface area contributed by atoms with Crippen molar-refractivity contribution in [3.63, 3.8) is 0 Å². The number of aryl methyl sites for hydroxylation is 2. The molecule has 0 atom stereocenters. The van der Waals surface area contributed by atoms with Gasteiger partial charge in [-0.3, -0.25) is 4.99 Å². The molecule has 0 aromatic heterocycles. The van der Waals surface area contributed by atoms with Gasteiger partial charge in [0.15, 0.2) is 0 Å². The van der Waals surface area contributed by atoms with Gasteiger partial charge in [0.2, 0.25) is 0 Å². The van der Waals surface area contributed by atoms with Crippen molar-refractivity contribution in [1.82, 2.24) is 0 Å². The summed E-state index contributed by atoms with van der Waals surface area (Å²) in [7, 11) is 1.70. The molecule has 64 valence electrons. The molecule has 1 aromatic rings. The fourth-order valence-corrected chi connectivity index (χ4v) is 1.11. The van der Waals surface area contributed by atoms with Crippen LogP contribution in [0.25, 0.3) is 0 Å². The van der Waals surface area contributed by atoms with Crippen LogP contribution in [0.3, 0.4) is 0 Å². The van der Waals surface area contributed by atoms with Crippen LogP contribution in [-0.2, 0) is 0 Å². The van der Waals surface area contributed by atoms with E-state index < -0.39 is 0 Å². The molecule has 0 radical (unpaired) electrons. The molecule has 1 rings (SSSR count). The number of phenolic OH excluding ortho intramolecular Hbond substituents is 1. The third-order valence-corrected chi connectivity index (χ3v) is 1.90. The summed E-state index contributed by atoms with van der Waals surface area (Å²) in [5, 5.41) is 9.62. The van der Waals surface area contributed by atoms with Crippen LogP contribution in [0.2, 0.25) is 0 Å². The van der Waals surface area contributed by atoms with Gasteiger partial charge in [0.1, 0.15) is 5.75 Å². The van der Waals surface area contributed by atoms with Crippen molar-refractivity contribution >= 4 is 6.21 Å². The highest BCUT2D eigenvalue weighted by atomic mass is 16.3. The van der Waals surface area contributed by atoms with Crippen LogP contribution in [-0.4, -0.2) is 18.4 Å². The summed E-state index contributed by atoms with van der Waals surface area (Å²) in [6, 6.07) is 3.88. The van der Waals surface area contributed by atoms with E-state index >= 15 is 0 Å². The SMILES string of the molecule is CN=Cc1c(C)ccc(C)c1O. The zero-order valence-corrected chi connectivity index (χ0v) is 7.63. The molecule has 0 saturated carbocycles. The fourth-order valence-electron chi connectivity index (χ4n) is 1.11. The van der Waals surface area contributed by atoms with E-state index in [2.05, 4.69) is 4.99 Å². The zero-order valence-electron chi connectivity index (χ0n) is 7.63. The topological polar surface area (TPSA) is 32.6 Å². The van der Waals surface area contributed by atoms with Crippen LogP contribution in [0.1, 0.15) is 16.7 Å². The second-order valence-corrected chi connectivity index (χ2v) is 2.85. The number of aromatic hydroxyl groups is 1. The Bertz CT molecular complexity index is 316. The van der Waals surface area contributed by atoms with Crippen molar-refractivity contribution < 1.29 is 5.11 Å². The summed E-state index contributed by atoms with van der Waals surface area (Å²) in [4.78, 5) is 3.88. The van der Waals surface area contributed by atoms with Gasteiger partial charge in [-0.25, -0.2) is 0 Å². The predicted molar refractivity (Wildman–Crippen MR) is 51.1 cm³/mol. The van der Waals surface area contributed by atoms with E-state index in [1.165, 1.54) is 0 Å². The molecule has 0 aliphatic heterocycles. The number of rotatable bonds is 1. The Labute approximate surface area is 72.6 Å². The molecule has 0 spiro atoms. The largest absolute Gasteiger partial charge is 0.507 e. The van der Waals surface area contributed by atoms with Gasteiger partial charge < -0.3 is 5.11 Å². The van der Waals surface area contributed by atoms with Gasteiger partial charge in [-0.15, -0.1) is 0 Å². The Morgan fingerprint density at radius 3 is 2.42 bits per heavy atom. The van der Waals surface area contributed by atoms with E-state index in [9.17, 15) is 5.11 Å². The van der Waals surface area contributed by atoms with E-state index in [1.807, 2.05) is 26.0 Å². The summed E-state index contributed by atoms with van der Waals surface area (Å²) < 4.78 is 0. The Balaban J connectivity index is 3.32. The number of nitrogens with zero attached hydrogens (tertiary/aromatic N) is 1. The summed E-state index contributed by atoms with van der Waals surface area (Å²) >= 11 is 0. The smallest absolute Gasteiger partial charge is 0.127 e. The lowest BCUT2D eigenvalue weighted by Crippen LogP contribution is -1.89. The van der Waals surface area contributed by atoms with E-state index in [-0.39, 0.29) is 0 Å². The van der Waals surface area contributed by atoms with Crippen LogP contribution in [0, 0.1) is 13.8 Å². The van der Waals surface area contributed by atoms with Gasteiger partial charge in [-0.2, -0.15) is 0 Å². The van der Waals surface area contributed by atoms with Crippen LogP contribution in [0.15, 0.2) is 17.1 Å². The number of aliphatic imine (C=N–C) groups is 1. The average molecular weight is 163 g/mol. The maximum absolute atomic E-state index is 9.62. The first-order valence-corrected chi connectivity index (χ1v) is 3.88. The monoisotopic (exact) mass is 163 g/mol. The highest BCUT2D eigenvalue weighted by Gasteiger charge is 2.03. The molecule has 1 aromatic carbocycles. The highest BCUT2D eigenvalue weighted by molar-refractivity contribution is 5.85. The van der Waals surface area contributed by atoms with Crippen molar-refractivity contribution in [2.45, 2.75) is 13.8 Å². The molecular formula is C10H13NO. The van der Waals surface area contributed by atoms with Gasteiger partial charge in [0.25, 0.3) is 0 Å². The van der Waals surface area contributed by atoms with E-state index in [1.54, 1.807) is 13.3 Å². The Kier molecular flexibility index (Phi) is 2.48. The normalized spacial score (nSPS) is 10.9. The van der Waals surface area contributed by atoms with Gasteiger partial charge >= 0.3 is 0 Å². The minimum absolute atomic E-state index is 0.334. The second-order valence-electron chi connectivity index (χ2n) is 2.85. The van der Waals surface area contributed by atoms with Gasteiger partial charge in [0, 0.05) is 18.8 Å². The minimum atomic E-state index is 0.334. The summed E-state index contributed by atoms with van der Waals surface area (Å²) in [6.45, 7) is 3.83. The van der Waals surface area contributed by atoms with Crippen molar-refractivity contribution in [2.75, 3.05) is 7.05 Å². The Hall–Kier alpha value is -1.31. The van der Waals surface area contributed by atoms with Gasteiger partial charge in [0.05, 0.1) is 0 Å². The first-order chi connectivity index (χ1) is 5.66. The zero-order chi connectivity index (χ0) is 9.14. The number of benzene rings is 1. The molecule has 0 fully saturated rings. The molecule has 2 heteroatoms. The molecule has 1 N–H and O–H groups in total. The molecule has 12 heavy (non-hydrogen) atoms. The summed E-state index contributed by atoms with van der Waals surface area (Å²) in [5.74, 6) is 0.334. The fraction of sp³-hybridized carbons (Fsp3) is 0.300. The molecule has 0 aliphatic rings. The molecule has 0 heterocycles. The lowest BCUT2D eigenvalue weighted by atomic mass is 10.1. The van der Waals surface area contributed by atoms with Crippen LogP contribution < -0.4 is 0 Å². The first kappa shape index (κ1) is 8.78. The molecule has 0 bridgehead atoms. The average Bonchev–Trinajstić information content (AvgIpc) is 2.06. The molecular weight excluding hydrogens is 150 g/mol. The predicted octanol–water partition coefficient (Wildman–Crippen LogP) is 2.06. The quantitative estimate of drug-likeness (QED) is 0.631. The number of hydrogen-bond donors (Lipinski definition) is 1. The Morgan fingerprint density at radius 1 is 1.25 bits per heavy atom. The van der Waals surface area contributed by atoms with E-state index in [0.29, 0.717) is 5.75 Å². The molecule has 0 amide bonds.